The van der Waals surface area contributed by atoms with Crippen LogP contribution in [0.15, 0.2) is 48.0 Å². The minimum absolute atomic E-state index is 0.0833. The number of rotatable bonds is 9. The molecule has 194 valence electrons. The van der Waals surface area contributed by atoms with Crippen LogP contribution in [0.5, 0.6) is 11.5 Å². The third-order valence-electron chi connectivity index (χ3n) is 6.23. The highest BCUT2D eigenvalue weighted by Gasteiger charge is 2.46. The number of likely N-dealkylation sites (tertiary alicyclic amines) is 1. The highest BCUT2D eigenvalue weighted by Crippen LogP contribution is 2.44. The Bertz CT molecular complexity index is 1140. The molecule has 1 amide bonds. The van der Waals surface area contributed by atoms with Gasteiger partial charge < -0.3 is 19.5 Å². The molecule has 1 heterocycles. The molecule has 1 aliphatic heterocycles. The molecule has 1 fully saturated rings. The van der Waals surface area contributed by atoms with Crippen LogP contribution >= 0.6 is 0 Å². The van der Waals surface area contributed by atoms with E-state index < -0.39 is 17.7 Å². The Morgan fingerprint density at radius 1 is 1.06 bits per heavy atom. The van der Waals surface area contributed by atoms with E-state index in [1.807, 2.05) is 64.1 Å². The summed E-state index contributed by atoms with van der Waals surface area (Å²) in [6.07, 6.45) is 1.52. The molecule has 1 atom stereocenters. The second kappa shape index (κ2) is 11.2. The number of unbranched alkanes of at least 4 members (excludes halogenated alkanes) is 1. The van der Waals surface area contributed by atoms with Crippen molar-refractivity contribution in [2.24, 2.45) is 0 Å². The molecular formula is C30H39NO5. The predicted molar refractivity (Wildman–Crippen MR) is 142 cm³/mol. The number of carbonyl (C=O) groups is 2. The lowest BCUT2D eigenvalue weighted by atomic mass is 9.84. The Morgan fingerprint density at radius 2 is 1.75 bits per heavy atom. The van der Waals surface area contributed by atoms with Gasteiger partial charge in [-0.15, -0.1) is 0 Å². The number of para-hydroxylation sites is 1. The maximum atomic E-state index is 13.4. The average Bonchev–Trinajstić information content (AvgIpc) is 3.06. The molecule has 36 heavy (non-hydrogen) atoms. The molecule has 1 unspecified atom stereocenters. The van der Waals surface area contributed by atoms with E-state index in [0.717, 1.165) is 24.2 Å². The van der Waals surface area contributed by atoms with Crippen LogP contribution < -0.4 is 9.47 Å². The molecule has 0 radical (unpaired) electrons. The first-order valence-electron chi connectivity index (χ1n) is 12.8. The number of benzene rings is 2. The summed E-state index contributed by atoms with van der Waals surface area (Å²) in [7, 11) is 0. The van der Waals surface area contributed by atoms with Gasteiger partial charge in [-0.2, -0.15) is 0 Å². The molecule has 0 aliphatic carbocycles. The van der Waals surface area contributed by atoms with Gasteiger partial charge in [-0.3, -0.25) is 9.59 Å². The topological polar surface area (TPSA) is 76.1 Å². The van der Waals surface area contributed by atoms with Gasteiger partial charge in [0, 0.05) is 23.2 Å². The third-order valence-corrected chi connectivity index (χ3v) is 6.23. The highest BCUT2D eigenvalue weighted by molar-refractivity contribution is 6.46. The number of hydrogen-bond acceptors (Lipinski definition) is 5. The normalized spacial score (nSPS) is 17.7. The van der Waals surface area contributed by atoms with Crippen molar-refractivity contribution in [3.05, 3.63) is 64.7 Å². The fourth-order valence-electron chi connectivity index (χ4n) is 4.53. The van der Waals surface area contributed by atoms with Gasteiger partial charge in [0.2, 0.25) is 0 Å². The summed E-state index contributed by atoms with van der Waals surface area (Å²) >= 11 is 0. The minimum Gasteiger partial charge on any atom is -0.507 e. The summed E-state index contributed by atoms with van der Waals surface area (Å²) in [6.45, 7) is 15.0. The van der Waals surface area contributed by atoms with Crippen molar-refractivity contribution in [2.45, 2.75) is 78.9 Å². The van der Waals surface area contributed by atoms with Crippen LogP contribution in [-0.2, 0) is 15.0 Å². The molecule has 2 aromatic carbocycles. The fourth-order valence-corrected chi connectivity index (χ4v) is 4.53. The quantitative estimate of drug-likeness (QED) is 0.249. The van der Waals surface area contributed by atoms with Crippen LogP contribution in [0.2, 0.25) is 0 Å². The van der Waals surface area contributed by atoms with Gasteiger partial charge in [0.05, 0.1) is 24.3 Å². The SMILES string of the molecule is CCCCN1C(=O)C(=O)/C(=C(/O)c2ccc(OCC)c(C(C)(C)C)c2)C1c1ccccc1OC(C)C. The molecule has 1 saturated heterocycles. The molecule has 1 N–H and O–H groups in total. The van der Waals surface area contributed by atoms with Gasteiger partial charge in [-0.1, -0.05) is 52.3 Å². The first-order valence-corrected chi connectivity index (χ1v) is 12.8. The van der Waals surface area contributed by atoms with Crippen LogP contribution in [0.1, 0.15) is 84.0 Å². The number of aliphatic hydroxyl groups is 1. The van der Waals surface area contributed by atoms with Gasteiger partial charge in [-0.25, -0.2) is 0 Å². The molecule has 6 nitrogen and oxygen atoms in total. The van der Waals surface area contributed by atoms with Gasteiger partial charge >= 0.3 is 0 Å². The lowest BCUT2D eigenvalue weighted by molar-refractivity contribution is -0.139. The number of hydrogen-bond donors (Lipinski definition) is 1. The number of aliphatic hydroxyl groups excluding tert-OH is 1. The molecule has 3 rings (SSSR count). The molecule has 0 saturated carbocycles. The zero-order valence-electron chi connectivity index (χ0n) is 22.6. The molecule has 1 aliphatic rings. The summed E-state index contributed by atoms with van der Waals surface area (Å²) in [5.74, 6) is -0.147. The van der Waals surface area contributed by atoms with Crippen molar-refractivity contribution in [1.29, 1.82) is 0 Å². The Balaban J connectivity index is 2.25. The average molecular weight is 494 g/mol. The van der Waals surface area contributed by atoms with Crippen molar-refractivity contribution in [1.82, 2.24) is 4.90 Å². The molecular weight excluding hydrogens is 454 g/mol. The number of ketones is 1. The maximum absolute atomic E-state index is 13.4. The van der Waals surface area contributed by atoms with E-state index in [1.54, 1.807) is 11.0 Å². The van der Waals surface area contributed by atoms with Crippen LogP contribution in [0, 0.1) is 0 Å². The van der Waals surface area contributed by atoms with Crippen LogP contribution in [0.3, 0.4) is 0 Å². The first-order chi connectivity index (χ1) is 17.0. The predicted octanol–water partition coefficient (Wildman–Crippen LogP) is 6.39. The zero-order chi connectivity index (χ0) is 26.6. The summed E-state index contributed by atoms with van der Waals surface area (Å²) < 4.78 is 11.9. The van der Waals surface area contributed by atoms with E-state index in [9.17, 15) is 14.7 Å². The van der Waals surface area contributed by atoms with E-state index in [1.165, 1.54) is 0 Å². The zero-order valence-corrected chi connectivity index (χ0v) is 22.6. The van der Waals surface area contributed by atoms with Crippen molar-refractivity contribution >= 4 is 17.4 Å². The third kappa shape index (κ3) is 5.58. The maximum Gasteiger partial charge on any atom is 0.295 e. The minimum atomic E-state index is -0.740. The van der Waals surface area contributed by atoms with Crippen molar-refractivity contribution in [3.63, 3.8) is 0 Å². The second-order valence-electron chi connectivity index (χ2n) is 10.4. The van der Waals surface area contributed by atoms with Crippen molar-refractivity contribution in [2.75, 3.05) is 13.2 Å². The van der Waals surface area contributed by atoms with Crippen molar-refractivity contribution < 1.29 is 24.2 Å². The molecule has 2 aromatic rings. The van der Waals surface area contributed by atoms with Crippen LogP contribution in [0.4, 0.5) is 0 Å². The smallest absolute Gasteiger partial charge is 0.295 e. The monoisotopic (exact) mass is 493 g/mol. The fraction of sp³-hybridized carbons (Fsp3) is 0.467. The number of Topliss-reactive ketones (excluding diaryl/α,β-unsaturated/α-hetero) is 1. The van der Waals surface area contributed by atoms with Crippen LogP contribution in [-0.4, -0.2) is 41.0 Å². The first kappa shape index (κ1) is 27.3. The number of carbonyl (C=O) groups excluding carboxylic acids is 2. The molecule has 6 heteroatoms. The Hall–Kier alpha value is -3.28. The lowest BCUT2D eigenvalue weighted by Gasteiger charge is -2.27. The van der Waals surface area contributed by atoms with E-state index in [4.69, 9.17) is 9.47 Å². The summed E-state index contributed by atoms with van der Waals surface area (Å²) in [5.41, 5.74) is 1.90. The lowest BCUT2D eigenvalue weighted by Crippen LogP contribution is -2.31. The Labute approximate surface area is 214 Å². The summed E-state index contributed by atoms with van der Waals surface area (Å²) in [5, 5.41) is 11.6. The number of amides is 1. The summed E-state index contributed by atoms with van der Waals surface area (Å²) in [4.78, 5) is 28.2. The highest BCUT2D eigenvalue weighted by atomic mass is 16.5. The number of nitrogens with zero attached hydrogens (tertiary/aromatic N) is 1. The molecule has 0 spiro atoms. The van der Waals surface area contributed by atoms with E-state index >= 15 is 0 Å². The van der Waals surface area contributed by atoms with Gasteiger partial charge in [0.15, 0.2) is 0 Å². The van der Waals surface area contributed by atoms with E-state index in [0.29, 0.717) is 30.0 Å². The Morgan fingerprint density at radius 3 is 2.36 bits per heavy atom. The largest absolute Gasteiger partial charge is 0.507 e. The van der Waals surface area contributed by atoms with Gasteiger partial charge in [0.1, 0.15) is 17.3 Å². The Kier molecular flexibility index (Phi) is 8.49. The van der Waals surface area contributed by atoms with Gasteiger partial charge in [0.25, 0.3) is 11.7 Å². The van der Waals surface area contributed by atoms with Crippen LogP contribution in [0.25, 0.3) is 5.76 Å². The second-order valence-corrected chi connectivity index (χ2v) is 10.4. The number of ether oxygens (including phenoxy) is 2. The summed E-state index contributed by atoms with van der Waals surface area (Å²) in [6, 6.07) is 12.1. The van der Waals surface area contributed by atoms with Gasteiger partial charge in [-0.05, 0) is 56.9 Å². The van der Waals surface area contributed by atoms with E-state index in [-0.39, 0.29) is 22.9 Å². The molecule has 0 bridgehead atoms. The van der Waals surface area contributed by atoms with Crippen molar-refractivity contribution in [3.8, 4) is 11.5 Å². The standard InChI is InChI=1S/C30H39NO5/c1-8-10-17-31-26(21-13-11-12-14-23(21)36-19(3)4)25(28(33)29(31)34)27(32)20-15-16-24(35-9-2)22(18-20)30(5,6)7/h11-16,18-19,26,32H,8-10,17H2,1-7H3/b27-25+. The molecule has 0 aromatic heterocycles. The van der Waals surface area contributed by atoms with E-state index in [2.05, 4.69) is 20.8 Å².